The second-order valence-corrected chi connectivity index (χ2v) is 8.70. The van der Waals surface area contributed by atoms with E-state index in [-0.39, 0.29) is 18.8 Å². The van der Waals surface area contributed by atoms with Gasteiger partial charge < -0.3 is 9.30 Å². The van der Waals surface area contributed by atoms with E-state index < -0.39 is 28.8 Å². The first kappa shape index (κ1) is 23.2. The molecule has 5 rings (SSSR count). The van der Waals surface area contributed by atoms with E-state index in [1.807, 2.05) is 60.0 Å². The molecule has 0 aliphatic carbocycles. The van der Waals surface area contributed by atoms with Crippen LogP contribution in [0.2, 0.25) is 0 Å². The van der Waals surface area contributed by atoms with Gasteiger partial charge in [0.2, 0.25) is 11.9 Å². The Bertz CT molecular complexity index is 1460. The molecule has 9 nitrogen and oxygen atoms in total. The van der Waals surface area contributed by atoms with Gasteiger partial charge in [-0.1, -0.05) is 54.1 Å². The van der Waals surface area contributed by atoms with Gasteiger partial charge >= 0.3 is 5.97 Å². The molecule has 182 valence electrons. The first-order valence-electron chi connectivity index (χ1n) is 11.6. The Balaban J connectivity index is 1.72. The van der Waals surface area contributed by atoms with Crippen molar-refractivity contribution in [2.75, 3.05) is 11.5 Å². The first-order valence-corrected chi connectivity index (χ1v) is 11.6. The van der Waals surface area contributed by atoms with Crippen LogP contribution in [0, 0.1) is 23.0 Å². The number of para-hydroxylation sites is 2. The molecular formula is C27H24N4O5. The van der Waals surface area contributed by atoms with Gasteiger partial charge in [0.05, 0.1) is 35.2 Å². The summed E-state index contributed by atoms with van der Waals surface area (Å²) in [4.78, 5) is 44.3. The zero-order valence-corrected chi connectivity index (χ0v) is 19.8. The number of aromatic nitrogens is 2. The van der Waals surface area contributed by atoms with Crippen molar-refractivity contribution >= 4 is 34.5 Å². The number of rotatable bonds is 6. The minimum Gasteiger partial charge on any atom is -0.465 e. The van der Waals surface area contributed by atoms with Gasteiger partial charge in [0, 0.05) is 12.1 Å². The van der Waals surface area contributed by atoms with Gasteiger partial charge in [0.15, 0.2) is 5.92 Å². The maximum atomic E-state index is 14.0. The summed E-state index contributed by atoms with van der Waals surface area (Å²) in [6, 6.07) is 20.4. The highest BCUT2D eigenvalue weighted by atomic mass is 16.6. The number of hydrogen-bond acceptors (Lipinski definition) is 6. The van der Waals surface area contributed by atoms with Crippen LogP contribution in [-0.2, 0) is 20.9 Å². The third-order valence-corrected chi connectivity index (χ3v) is 6.39. The molecule has 1 aromatic heterocycles. The van der Waals surface area contributed by atoms with Crippen LogP contribution in [0.15, 0.2) is 72.8 Å². The number of nitro groups is 1. The quantitative estimate of drug-likeness (QED) is 0.172. The number of nitrogens with zero attached hydrogens (tertiary/aromatic N) is 4. The van der Waals surface area contributed by atoms with Crippen molar-refractivity contribution in [1.82, 2.24) is 9.55 Å². The number of non-ortho nitro benzene ring substituents is 1. The SMILES string of the molecule is CCOC(=O)C1C(=O)N(Cc2ccc(C)cc2)c2nc3ccccc3n2C1c1ccc([N+](=O)[O-])cc1. The molecule has 0 spiro atoms. The number of aryl methyl sites for hydroxylation is 1. The molecule has 0 radical (unpaired) electrons. The van der Waals surface area contributed by atoms with Crippen LogP contribution >= 0.6 is 0 Å². The van der Waals surface area contributed by atoms with Crippen LogP contribution in [0.25, 0.3) is 11.0 Å². The monoisotopic (exact) mass is 484 g/mol. The fourth-order valence-electron chi connectivity index (χ4n) is 4.67. The zero-order chi connectivity index (χ0) is 25.4. The summed E-state index contributed by atoms with van der Waals surface area (Å²) < 4.78 is 7.22. The van der Waals surface area contributed by atoms with Crippen molar-refractivity contribution < 1.29 is 19.2 Å². The summed E-state index contributed by atoms with van der Waals surface area (Å²) in [7, 11) is 0. The lowest BCUT2D eigenvalue weighted by Crippen LogP contribution is -2.49. The van der Waals surface area contributed by atoms with Crippen molar-refractivity contribution in [3.05, 3.63) is 99.6 Å². The van der Waals surface area contributed by atoms with E-state index >= 15 is 0 Å². The third kappa shape index (κ3) is 3.98. The number of carbonyl (C=O) groups excluding carboxylic acids is 2. The molecule has 2 atom stereocenters. The average molecular weight is 485 g/mol. The van der Waals surface area contributed by atoms with E-state index in [2.05, 4.69) is 0 Å². The Hall–Kier alpha value is -4.53. The van der Waals surface area contributed by atoms with Crippen LogP contribution in [0.3, 0.4) is 0 Å². The van der Waals surface area contributed by atoms with Crippen molar-refractivity contribution in [2.45, 2.75) is 26.4 Å². The Labute approximate surface area is 207 Å². The largest absolute Gasteiger partial charge is 0.465 e. The number of anilines is 1. The number of imidazole rings is 1. The first-order chi connectivity index (χ1) is 17.4. The summed E-state index contributed by atoms with van der Waals surface area (Å²) in [5, 5.41) is 11.2. The van der Waals surface area contributed by atoms with E-state index in [1.54, 1.807) is 19.1 Å². The molecule has 2 heterocycles. The van der Waals surface area contributed by atoms with E-state index in [0.29, 0.717) is 17.0 Å². The molecule has 0 saturated heterocycles. The van der Waals surface area contributed by atoms with Crippen LogP contribution in [0.1, 0.15) is 29.7 Å². The second-order valence-electron chi connectivity index (χ2n) is 8.70. The average Bonchev–Trinajstić information content (AvgIpc) is 3.26. The van der Waals surface area contributed by atoms with Gasteiger partial charge in [-0.05, 0) is 37.1 Å². The maximum Gasteiger partial charge on any atom is 0.321 e. The smallest absolute Gasteiger partial charge is 0.321 e. The molecule has 0 saturated carbocycles. The Morgan fingerprint density at radius 2 is 1.75 bits per heavy atom. The molecular weight excluding hydrogens is 460 g/mol. The minimum atomic E-state index is -1.19. The van der Waals surface area contributed by atoms with Gasteiger partial charge in [-0.2, -0.15) is 0 Å². The summed E-state index contributed by atoms with van der Waals surface area (Å²) in [6.45, 7) is 4.02. The molecule has 4 aromatic rings. The lowest BCUT2D eigenvalue weighted by atomic mass is 9.89. The lowest BCUT2D eigenvalue weighted by Gasteiger charge is -2.38. The fraction of sp³-hybridized carbons (Fsp3) is 0.222. The minimum absolute atomic E-state index is 0.0784. The van der Waals surface area contributed by atoms with Crippen molar-refractivity contribution in [3.63, 3.8) is 0 Å². The van der Waals surface area contributed by atoms with Gasteiger partial charge in [0.25, 0.3) is 5.69 Å². The maximum absolute atomic E-state index is 14.0. The summed E-state index contributed by atoms with van der Waals surface area (Å²) in [5.74, 6) is -1.86. The van der Waals surface area contributed by atoms with Gasteiger partial charge in [-0.15, -0.1) is 0 Å². The van der Waals surface area contributed by atoms with E-state index in [1.165, 1.54) is 17.0 Å². The number of hydrogen-bond donors (Lipinski definition) is 0. The van der Waals surface area contributed by atoms with E-state index in [0.717, 1.165) is 16.6 Å². The van der Waals surface area contributed by atoms with Crippen LogP contribution in [-0.4, -0.2) is 33.0 Å². The number of esters is 1. The zero-order valence-electron chi connectivity index (χ0n) is 19.8. The summed E-state index contributed by atoms with van der Waals surface area (Å²) in [5.41, 5.74) is 3.90. The Morgan fingerprint density at radius 3 is 2.42 bits per heavy atom. The molecule has 1 amide bonds. The molecule has 2 unspecified atom stereocenters. The lowest BCUT2D eigenvalue weighted by molar-refractivity contribution is -0.384. The highest BCUT2D eigenvalue weighted by Crippen LogP contribution is 2.42. The standard InChI is InChI=1S/C27H24N4O5/c1-3-36-26(33)23-24(19-12-14-20(15-13-19)31(34)35)30-22-7-5-4-6-21(22)28-27(30)29(25(23)32)16-18-10-8-17(2)9-11-18/h4-15,23-24H,3,16H2,1-2H3. The molecule has 1 aliphatic rings. The number of ether oxygens (including phenoxy) is 1. The van der Waals surface area contributed by atoms with Gasteiger partial charge in [-0.25, -0.2) is 4.98 Å². The predicted molar refractivity (Wildman–Crippen MR) is 133 cm³/mol. The number of carbonyl (C=O) groups is 2. The predicted octanol–water partition coefficient (Wildman–Crippen LogP) is 4.57. The van der Waals surface area contributed by atoms with Crippen molar-refractivity contribution in [2.24, 2.45) is 5.92 Å². The topological polar surface area (TPSA) is 108 Å². The molecule has 1 aliphatic heterocycles. The molecule has 9 heteroatoms. The third-order valence-electron chi connectivity index (χ3n) is 6.39. The van der Waals surface area contributed by atoms with Gasteiger partial charge in [-0.3, -0.25) is 24.6 Å². The fourth-order valence-corrected chi connectivity index (χ4v) is 4.67. The molecule has 0 bridgehead atoms. The van der Waals surface area contributed by atoms with Crippen molar-refractivity contribution in [3.8, 4) is 0 Å². The van der Waals surface area contributed by atoms with Crippen LogP contribution < -0.4 is 4.90 Å². The Morgan fingerprint density at radius 1 is 1.06 bits per heavy atom. The highest BCUT2D eigenvalue weighted by Gasteiger charge is 2.48. The highest BCUT2D eigenvalue weighted by molar-refractivity contribution is 6.08. The Kier molecular flexibility index (Phi) is 5.97. The molecule has 3 aromatic carbocycles. The number of nitro benzene ring substituents is 1. The van der Waals surface area contributed by atoms with E-state index in [9.17, 15) is 19.7 Å². The number of fused-ring (bicyclic) bond motifs is 3. The second kappa shape index (κ2) is 9.26. The van der Waals surface area contributed by atoms with Crippen LogP contribution in [0.5, 0.6) is 0 Å². The molecule has 0 N–H and O–H groups in total. The molecule has 36 heavy (non-hydrogen) atoms. The number of benzene rings is 3. The van der Waals surface area contributed by atoms with E-state index in [4.69, 9.17) is 9.72 Å². The van der Waals surface area contributed by atoms with Gasteiger partial charge in [0.1, 0.15) is 0 Å². The molecule has 0 fully saturated rings. The summed E-state index contributed by atoms with van der Waals surface area (Å²) in [6.07, 6.45) is 0. The van der Waals surface area contributed by atoms with Crippen molar-refractivity contribution in [1.29, 1.82) is 0 Å². The normalized spacial score (nSPS) is 17.2. The summed E-state index contributed by atoms with van der Waals surface area (Å²) >= 11 is 0. The number of amides is 1. The van der Waals surface area contributed by atoms with Crippen LogP contribution in [0.4, 0.5) is 11.6 Å².